The lowest BCUT2D eigenvalue weighted by Gasteiger charge is -2.29. The molecule has 1 aliphatic rings. The van der Waals surface area contributed by atoms with Gasteiger partial charge in [0.05, 0.1) is 6.10 Å². The van der Waals surface area contributed by atoms with Gasteiger partial charge in [-0.2, -0.15) is 0 Å². The molecule has 0 spiro atoms. The van der Waals surface area contributed by atoms with Crippen molar-refractivity contribution in [2.45, 2.75) is 38.8 Å². The molecular weight excluding hydrogens is 224 g/mol. The van der Waals surface area contributed by atoms with Gasteiger partial charge in [-0.05, 0) is 43.5 Å². The Bertz CT molecular complexity index is 361. The topological polar surface area (TPSA) is 38.5 Å². The van der Waals surface area contributed by atoms with Crippen LogP contribution in [0.15, 0.2) is 24.3 Å². The lowest BCUT2D eigenvalue weighted by atomic mass is 10.1. The lowest BCUT2D eigenvalue weighted by Crippen LogP contribution is -2.35. The molecule has 1 aliphatic heterocycles. The molecule has 0 radical (unpaired) electrons. The van der Waals surface area contributed by atoms with Crippen molar-refractivity contribution in [1.29, 1.82) is 0 Å². The Hall–Kier alpha value is -1.06. The molecule has 0 aliphatic carbocycles. The van der Waals surface area contributed by atoms with Gasteiger partial charge in [-0.1, -0.05) is 19.1 Å². The fourth-order valence-electron chi connectivity index (χ4n) is 2.49. The van der Waals surface area contributed by atoms with E-state index >= 15 is 0 Å². The van der Waals surface area contributed by atoms with Crippen molar-refractivity contribution in [3.05, 3.63) is 29.8 Å². The molecular formula is C15H24N2O. The summed E-state index contributed by atoms with van der Waals surface area (Å²) in [5.41, 5.74) is 7.95. The zero-order valence-corrected chi connectivity index (χ0v) is 11.3. The smallest absolute Gasteiger partial charge is 0.0702 e. The van der Waals surface area contributed by atoms with Gasteiger partial charge in [0, 0.05) is 25.4 Å². The van der Waals surface area contributed by atoms with Crippen molar-refractivity contribution in [2.24, 2.45) is 0 Å². The number of ether oxygens (including phenoxy) is 1. The van der Waals surface area contributed by atoms with E-state index in [2.05, 4.69) is 24.0 Å². The standard InChI is InChI=1S/C15H24N2O/c1-2-17(12-15-8-3-4-9-18-15)11-13-6-5-7-14(16)10-13/h5-7,10,15H,2-4,8-9,11-12,16H2,1H3. The number of benzene rings is 1. The second-order valence-corrected chi connectivity index (χ2v) is 5.06. The minimum Gasteiger partial charge on any atom is -0.399 e. The van der Waals surface area contributed by atoms with Crippen LogP contribution in [-0.2, 0) is 11.3 Å². The monoisotopic (exact) mass is 248 g/mol. The Morgan fingerprint density at radius 3 is 2.94 bits per heavy atom. The summed E-state index contributed by atoms with van der Waals surface area (Å²) < 4.78 is 5.81. The van der Waals surface area contributed by atoms with Crippen LogP contribution in [0.4, 0.5) is 5.69 Å². The average Bonchev–Trinajstić information content (AvgIpc) is 2.39. The minimum absolute atomic E-state index is 0.416. The number of nitrogen functional groups attached to an aromatic ring is 1. The molecule has 1 unspecified atom stereocenters. The normalized spacial score (nSPS) is 20.2. The molecule has 1 saturated heterocycles. The highest BCUT2D eigenvalue weighted by Crippen LogP contribution is 2.16. The van der Waals surface area contributed by atoms with Crippen molar-refractivity contribution in [1.82, 2.24) is 4.90 Å². The van der Waals surface area contributed by atoms with E-state index in [0.717, 1.165) is 31.9 Å². The van der Waals surface area contributed by atoms with E-state index in [1.54, 1.807) is 0 Å². The molecule has 2 rings (SSSR count). The summed E-state index contributed by atoms with van der Waals surface area (Å²) >= 11 is 0. The summed E-state index contributed by atoms with van der Waals surface area (Å²) in [6, 6.07) is 8.16. The second kappa shape index (κ2) is 6.76. The lowest BCUT2D eigenvalue weighted by molar-refractivity contribution is -0.00623. The summed E-state index contributed by atoms with van der Waals surface area (Å²) in [4.78, 5) is 2.44. The summed E-state index contributed by atoms with van der Waals surface area (Å²) in [6.07, 6.45) is 4.14. The Balaban J connectivity index is 1.88. The zero-order chi connectivity index (χ0) is 12.8. The van der Waals surface area contributed by atoms with Gasteiger partial charge in [-0.25, -0.2) is 0 Å². The van der Waals surface area contributed by atoms with Gasteiger partial charge < -0.3 is 10.5 Å². The molecule has 1 fully saturated rings. The molecule has 0 saturated carbocycles. The van der Waals surface area contributed by atoms with Gasteiger partial charge in [0.2, 0.25) is 0 Å². The predicted octanol–water partition coefficient (Wildman–Crippen LogP) is 2.66. The molecule has 18 heavy (non-hydrogen) atoms. The summed E-state index contributed by atoms with van der Waals surface area (Å²) in [6.45, 7) is 6.18. The predicted molar refractivity (Wildman–Crippen MR) is 75.4 cm³/mol. The van der Waals surface area contributed by atoms with Crippen LogP contribution in [0.25, 0.3) is 0 Å². The van der Waals surface area contributed by atoms with E-state index < -0.39 is 0 Å². The van der Waals surface area contributed by atoms with E-state index in [4.69, 9.17) is 10.5 Å². The summed E-state index contributed by atoms with van der Waals surface area (Å²) in [5, 5.41) is 0. The van der Waals surface area contributed by atoms with E-state index in [0.29, 0.717) is 6.10 Å². The highest BCUT2D eigenvalue weighted by Gasteiger charge is 2.17. The Morgan fingerprint density at radius 2 is 2.28 bits per heavy atom. The minimum atomic E-state index is 0.416. The third kappa shape index (κ3) is 4.00. The number of nitrogens with zero attached hydrogens (tertiary/aromatic N) is 1. The first-order valence-electron chi connectivity index (χ1n) is 6.96. The van der Waals surface area contributed by atoms with Crippen LogP contribution in [-0.4, -0.2) is 30.7 Å². The third-order valence-electron chi connectivity index (χ3n) is 3.54. The first kappa shape index (κ1) is 13.4. The van der Waals surface area contributed by atoms with Crippen LogP contribution in [0.3, 0.4) is 0 Å². The Labute approximate surface area is 110 Å². The molecule has 0 aromatic heterocycles. The van der Waals surface area contributed by atoms with Gasteiger partial charge in [0.1, 0.15) is 0 Å². The fraction of sp³-hybridized carbons (Fsp3) is 0.600. The summed E-state index contributed by atoms with van der Waals surface area (Å²) in [5.74, 6) is 0. The Kier molecular flexibility index (Phi) is 5.02. The highest BCUT2D eigenvalue weighted by molar-refractivity contribution is 5.40. The van der Waals surface area contributed by atoms with Crippen LogP contribution < -0.4 is 5.73 Å². The molecule has 0 bridgehead atoms. The van der Waals surface area contributed by atoms with Crippen molar-refractivity contribution >= 4 is 5.69 Å². The molecule has 1 aromatic rings. The maximum Gasteiger partial charge on any atom is 0.0702 e. The molecule has 1 atom stereocenters. The van der Waals surface area contributed by atoms with Crippen LogP contribution in [0, 0.1) is 0 Å². The van der Waals surface area contributed by atoms with Crippen molar-refractivity contribution < 1.29 is 4.74 Å². The van der Waals surface area contributed by atoms with Crippen LogP contribution in [0.1, 0.15) is 31.7 Å². The van der Waals surface area contributed by atoms with E-state index in [1.165, 1.54) is 24.8 Å². The van der Waals surface area contributed by atoms with E-state index in [1.807, 2.05) is 12.1 Å². The average molecular weight is 248 g/mol. The van der Waals surface area contributed by atoms with Crippen molar-refractivity contribution in [3.8, 4) is 0 Å². The third-order valence-corrected chi connectivity index (χ3v) is 3.54. The molecule has 0 amide bonds. The maximum absolute atomic E-state index is 5.82. The van der Waals surface area contributed by atoms with Gasteiger partial charge in [0.15, 0.2) is 0 Å². The number of rotatable bonds is 5. The van der Waals surface area contributed by atoms with Crippen LogP contribution >= 0.6 is 0 Å². The van der Waals surface area contributed by atoms with Gasteiger partial charge in [0.25, 0.3) is 0 Å². The van der Waals surface area contributed by atoms with Crippen LogP contribution in [0.2, 0.25) is 0 Å². The number of hydrogen-bond acceptors (Lipinski definition) is 3. The first-order valence-corrected chi connectivity index (χ1v) is 6.96. The SMILES string of the molecule is CCN(Cc1cccc(N)c1)CC1CCCCO1. The second-order valence-electron chi connectivity index (χ2n) is 5.06. The van der Waals surface area contributed by atoms with Gasteiger partial charge >= 0.3 is 0 Å². The molecule has 1 heterocycles. The first-order chi connectivity index (χ1) is 8.78. The van der Waals surface area contributed by atoms with Crippen molar-refractivity contribution in [3.63, 3.8) is 0 Å². The van der Waals surface area contributed by atoms with E-state index in [-0.39, 0.29) is 0 Å². The largest absolute Gasteiger partial charge is 0.399 e. The number of hydrogen-bond donors (Lipinski definition) is 1. The molecule has 3 nitrogen and oxygen atoms in total. The number of anilines is 1. The summed E-state index contributed by atoms with van der Waals surface area (Å²) in [7, 11) is 0. The van der Waals surface area contributed by atoms with Gasteiger partial charge in [-0.3, -0.25) is 4.90 Å². The van der Waals surface area contributed by atoms with E-state index in [9.17, 15) is 0 Å². The molecule has 2 N–H and O–H groups in total. The number of likely N-dealkylation sites (N-methyl/N-ethyl adjacent to an activating group) is 1. The Morgan fingerprint density at radius 1 is 1.39 bits per heavy atom. The quantitative estimate of drug-likeness (QED) is 0.814. The molecule has 1 aromatic carbocycles. The van der Waals surface area contributed by atoms with Gasteiger partial charge in [-0.15, -0.1) is 0 Å². The molecule has 100 valence electrons. The fourth-order valence-corrected chi connectivity index (χ4v) is 2.49. The maximum atomic E-state index is 5.82. The zero-order valence-electron chi connectivity index (χ0n) is 11.3. The highest BCUT2D eigenvalue weighted by atomic mass is 16.5. The van der Waals surface area contributed by atoms with Crippen molar-refractivity contribution in [2.75, 3.05) is 25.4 Å². The van der Waals surface area contributed by atoms with Crippen LogP contribution in [0.5, 0.6) is 0 Å². The number of nitrogens with two attached hydrogens (primary N) is 1. The molecule has 3 heteroatoms.